The quantitative estimate of drug-likeness (QED) is 0.422. The predicted octanol–water partition coefficient (Wildman–Crippen LogP) is 1.31. The molecular weight excluding hydrogens is 334 g/mol. The Morgan fingerprint density at radius 2 is 1.77 bits per heavy atom. The Bertz CT molecular complexity index is 1110. The van der Waals surface area contributed by atoms with Gasteiger partial charge in [0, 0.05) is 16.7 Å². The molecule has 0 saturated carbocycles. The van der Waals surface area contributed by atoms with E-state index in [4.69, 9.17) is 0 Å². The summed E-state index contributed by atoms with van der Waals surface area (Å²) in [6.07, 6.45) is 0. The lowest BCUT2D eigenvalue weighted by Crippen LogP contribution is -2.22. The third-order valence-corrected chi connectivity index (χ3v) is 3.90. The number of aromatic nitrogens is 4. The van der Waals surface area contributed by atoms with Crippen LogP contribution in [0.3, 0.4) is 0 Å². The first-order valence-electron chi connectivity index (χ1n) is 7.49. The number of H-pyrrole nitrogens is 1. The SMILES string of the molecule is N#CC(=NNc1cccc2c1C(=O)c1ccccc1C2=O)c1nn[nH]n1. The zero-order valence-corrected chi connectivity index (χ0v) is 13.1. The fourth-order valence-corrected chi connectivity index (χ4v) is 2.74. The van der Waals surface area contributed by atoms with Crippen LogP contribution in [-0.2, 0) is 0 Å². The van der Waals surface area contributed by atoms with Gasteiger partial charge in [0.05, 0.1) is 11.3 Å². The minimum Gasteiger partial charge on any atom is -0.289 e. The van der Waals surface area contributed by atoms with Gasteiger partial charge in [-0.2, -0.15) is 15.6 Å². The molecule has 0 fully saturated rings. The van der Waals surface area contributed by atoms with Crippen molar-refractivity contribution < 1.29 is 9.59 Å². The molecule has 0 saturated heterocycles. The summed E-state index contributed by atoms with van der Waals surface area (Å²) in [5.74, 6) is -0.509. The maximum atomic E-state index is 12.9. The van der Waals surface area contributed by atoms with Crippen molar-refractivity contribution in [1.82, 2.24) is 20.6 Å². The van der Waals surface area contributed by atoms with E-state index in [9.17, 15) is 14.9 Å². The van der Waals surface area contributed by atoms with Crippen LogP contribution in [0.1, 0.15) is 37.7 Å². The van der Waals surface area contributed by atoms with Gasteiger partial charge in [-0.3, -0.25) is 15.0 Å². The van der Waals surface area contributed by atoms with E-state index in [1.807, 2.05) is 6.07 Å². The van der Waals surface area contributed by atoms with Crippen LogP contribution in [0.2, 0.25) is 0 Å². The summed E-state index contributed by atoms with van der Waals surface area (Å²) in [7, 11) is 0. The van der Waals surface area contributed by atoms with Gasteiger partial charge in [0.1, 0.15) is 6.07 Å². The molecule has 1 heterocycles. The van der Waals surface area contributed by atoms with Crippen molar-refractivity contribution in [3.63, 3.8) is 0 Å². The molecule has 1 aromatic heterocycles. The summed E-state index contributed by atoms with van der Waals surface area (Å²) >= 11 is 0. The highest BCUT2D eigenvalue weighted by atomic mass is 16.1. The number of hydrazone groups is 1. The first-order chi connectivity index (χ1) is 12.7. The third-order valence-electron chi connectivity index (χ3n) is 3.90. The number of fused-ring (bicyclic) bond motifs is 2. The lowest BCUT2D eigenvalue weighted by Gasteiger charge is -2.19. The molecule has 124 valence electrons. The molecule has 9 nitrogen and oxygen atoms in total. The second-order valence-electron chi connectivity index (χ2n) is 5.35. The minimum atomic E-state index is -0.286. The van der Waals surface area contributed by atoms with E-state index in [0.717, 1.165) is 0 Å². The van der Waals surface area contributed by atoms with Gasteiger partial charge in [-0.25, -0.2) is 0 Å². The average molecular weight is 343 g/mol. The lowest BCUT2D eigenvalue weighted by atomic mass is 9.83. The summed E-state index contributed by atoms with van der Waals surface area (Å²) in [5, 5.41) is 26.1. The molecule has 0 atom stereocenters. The minimum absolute atomic E-state index is 0.0116. The van der Waals surface area contributed by atoms with E-state index in [-0.39, 0.29) is 34.2 Å². The number of carbonyl (C=O) groups excluding carboxylic acids is 2. The molecule has 0 unspecified atom stereocenters. The van der Waals surface area contributed by atoms with Gasteiger partial charge in [0.2, 0.25) is 11.5 Å². The second kappa shape index (κ2) is 6.03. The van der Waals surface area contributed by atoms with Crippen molar-refractivity contribution in [2.75, 3.05) is 5.43 Å². The molecule has 0 aliphatic heterocycles. The molecule has 1 aliphatic rings. The Hall–Kier alpha value is -4.19. The van der Waals surface area contributed by atoms with Crippen molar-refractivity contribution in [3.8, 4) is 6.07 Å². The Labute approximate surface area is 146 Å². The zero-order valence-electron chi connectivity index (χ0n) is 13.1. The van der Waals surface area contributed by atoms with E-state index in [1.165, 1.54) is 0 Å². The van der Waals surface area contributed by atoms with Crippen molar-refractivity contribution in [3.05, 3.63) is 70.5 Å². The molecule has 1 aliphatic carbocycles. The number of carbonyl (C=O) groups is 2. The number of nitrogens with zero attached hydrogens (tertiary/aromatic N) is 5. The standard InChI is InChI=1S/C17H9N7O2/c18-8-13(17-21-23-24-22-17)20-19-12-7-3-6-11-14(12)16(26)10-5-2-1-4-9(10)15(11)25/h1-7,19H,(H,21,22,23,24). The fourth-order valence-electron chi connectivity index (χ4n) is 2.74. The van der Waals surface area contributed by atoms with Crippen molar-refractivity contribution in [1.29, 1.82) is 5.26 Å². The predicted molar refractivity (Wildman–Crippen MR) is 89.7 cm³/mol. The number of nitriles is 1. The molecule has 9 heteroatoms. The summed E-state index contributed by atoms with van der Waals surface area (Å²) < 4.78 is 0. The number of hydrogen-bond donors (Lipinski definition) is 2. The van der Waals surface area contributed by atoms with Crippen LogP contribution in [0.4, 0.5) is 5.69 Å². The maximum absolute atomic E-state index is 12.9. The Morgan fingerprint density at radius 1 is 1.04 bits per heavy atom. The Balaban J connectivity index is 1.78. The molecule has 2 aromatic carbocycles. The monoisotopic (exact) mass is 343 g/mol. The highest BCUT2D eigenvalue weighted by molar-refractivity contribution is 6.30. The number of ketones is 2. The van der Waals surface area contributed by atoms with E-state index < -0.39 is 0 Å². The summed E-state index contributed by atoms with van der Waals surface area (Å²) in [6, 6.07) is 13.3. The van der Waals surface area contributed by atoms with Gasteiger partial charge < -0.3 is 0 Å². The topological polar surface area (TPSA) is 137 Å². The van der Waals surface area contributed by atoms with Gasteiger partial charge in [-0.1, -0.05) is 36.4 Å². The number of tetrazole rings is 1. The largest absolute Gasteiger partial charge is 0.289 e. The maximum Gasteiger partial charge on any atom is 0.235 e. The van der Waals surface area contributed by atoms with Crippen LogP contribution in [0.5, 0.6) is 0 Å². The van der Waals surface area contributed by atoms with Crippen LogP contribution >= 0.6 is 0 Å². The van der Waals surface area contributed by atoms with Crippen molar-refractivity contribution in [2.45, 2.75) is 0 Å². The van der Waals surface area contributed by atoms with E-state index in [1.54, 1.807) is 42.5 Å². The molecule has 0 spiro atoms. The van der Waals surface area contributed by atoms with E-state index in [0.29, 0.717) is 16.8 Å². The highest BCUT2D eigenvalue weighted by Gasteiger charge is 2.31. The number of aromatic amines is 1. The molecule has 2 N–H and O–H groups in total. The zero-order chi connectivity index (χ0) is 18.1. The van der Waals surface area contributed by atoms with Gasteiger partial charge in [0.15, 0.2) is 11.6 Å². The normalized spacial score (nSPS) is 13.0. The number of nitrogens with one attached hydrogen (secondary N) is 2. The Kier molecular flexibility index (Phi) is 3.56. The van der Waals surface area contributed by atoms with Crippen LogP contribution in [0.25, 0.3) is 0 Å². The molecule has 26 heavy (non-hydrogen) atoms. The molecular formula is C17H9N7O2. The second-order valence-corrected chi connectivity index (χ2v) is 5.35. The molecule has 0 bridgehead atoms. The van der Waals surface area contributed by atoms with Crippen LogP contribution in [0, 0.1) is 11.3 Å². The summed E-state index contributed by atoms with van der Waals surface area (Å²) in [5.41, 5.74) is 4.06. The smallest absolute Gasteiger partial charge is 0.235 e. The van der Waals surface area contributed by atoms with E-state index in [2.05, 4.69) is 31.2 Å². The number of rotatable bonds is 3. The molecule has 4 rings (SSSR count). The van der Waals surface area contributed by atoms with Gasteiger partial charge in [-0.05, 0) is 11.3 Å². The van der Waals surface area contributed by atoms with Crippen LogP contribution in [0.15, 0.2) is 47.6 Å². The Morgan fingerprint density at radius 3 is 2.46 bits per heavy atom. The fraction of sp³-hybridized carbons (Fsp3) is 0. The third kappa shape index (κ3) is 2.33. The highest BCUT2D eigenvalue weighted by Crippen LogP contribution is 2.31. The van der Waals surface area contributed by atoms with Crippen molar-refractivity contribution in [2.24, 2.45) is 5.10 Å². The lowest BCUT2D eigenvalue weighted by molar-refractivity contribution is 0.0979. The van der Waals surface area contributed by atoms with Crippen LogP contribution in [-0.4, -0.2) is 37.9 Å². The first kappa shape index (κ1) is 15.3. The molecule has 0 radical (unpaired) electrons. The summed E-state index contributed by atoms with van der Waals surface area (Å²) in [6.45, 7) is 0. The number of benzene rings is 2. The number of anilines is 1. The van der Waals surface area contributed by atoms with Gasteiger partial charge >= 0.3 is 0 Å². The molecule has 3 aromatic rings. The first-order valence-corrected chi connectivity index (χ1v) is 7.49. The number of hydrogen-bond acceptors (Lipinski definition) is 8. The van der Waals surface area contributed by atoms with Crippen molar-refractivity contribution >= 4 is 23.0 Å². The average Bonchev–Trinajstić information content (AvgIpc) is 3.21. The van der Waals surface area contributed by atoms with Gasteiger partial charge in [-0.15, -0.1) is 10.2 Å². The molecule has 0 amide bonds. The summed E-state index contributed by atoms with van der Waals surface area (Å²) in [4.78, 5) is 25.6. The van der Waals surface area contributed by atoms with Gasteiger partial charge in [0.25, 0.3) is 0 Å². The van der Waals surface area contributed by atoms with Crippen LogP contribution < -0.4 is 5.43 Å². The van der Waals surface area contributed by atoms with E-state index >= 15 is 0 Å².